The maximum absolute atomic E-state index is 15.4. The Morgan fingerprint density at radius 3 is 1.98 bits per heavy atom. The number of carbonyl (C=O) groups excluding carboxylic acids is 1. The van der Waals surface area contributed by atoms with E-state index in [4.69, 9.17) is 17.8 Å². The summed E-state index contributed by atoms with van der Waals surface area (Å²) in [5.41, 5.74) is 0.645. The lowest BCUT2D eigenvalue weighted by Gasteiger charge is -2.61. The molecule has 0 radical (unpaired) electrons. The van der Waals surface area contributed by atoms with Crippen molar-refractivity contribution in [2.24, 2.45) is 52.3 Å². The van der Waals surface area contributed by atoms with Crippen LogP contribution in [0.5, 0.6) is 0 Å². The molecule has 0 amide bonds. The van der Waals surface area contributed by atoms with Gasteiger partial charge < -0.3 is 9.47 Å². The Bertz CT molecular complexity index is 1920. The topological polar surface area (TPSA) is 122 Å². The van der Waals surface area contributed by atoms with Gasteiger partial charge in [-0.05, 0) is 112 Å². The molecule has 6 fully saturated rings. The van der Waals surface area contributed by atoms with Crippen LogP contribution in [0.3, 0.4) is 0 Å². The number of hydrogen-bond donors (Lipinski definition) is 0. The molecule has 1 spiro atoms. The maximum atomic E-state index is 15.4. The zero-order chi connectivity index (χ0) is 37.0. The summed E-state index contributed by atoms with van der Waals surface area (Å²) in [5.74, 6) is -0.923. The van der Waals surface area contributed by atoms with Gasteiger partial charge in [0.1, 0.15) is 6.10 Å². The Kier molecular flexibility index (Phi) is 8.99. The average Bonchev–Trinajstić information content (AvgIpc) is 3.54. The van der Waals surface area contributed by atoms with Gasteiger partial charge in [0.05, 0.1) is 28.6 Å². The third-order valence-electron chi connectivity index (χ3n) is 14.8. The number of Topliss-reactive ketones (excluding diaryl/α,β-unsaturated/α-hetero) is 1. The predicted octanol–water partition coefficient (Wildman–Crippen LogP) is 7.39. The molecule has 13 unspecified atom stereocenters. The second-order valence-corrected chi connectivity index (χ2v) is 20.9. The van der Waals surface area contributed by atoms with Gasteiger partial charge in [-0.15, -0.1) is 0 Å². The zero-order valence-corrected chi connectivity index (χ0v) is 32.9. The van der Waals surface area contributed by atoms with E-state index >= 15 is 4.79 Å². The Morgan fingerprint density at radius 1 is 0.769 bits per heavy atom. The number of rotatable bonds is 6. The molecule has 2 heterocycles. The van der Waals surface area contributed by atoms with Gasteiger partial charge in [0.15, 0.2) is 11.6 Å². The Balaban J connectivity index is 1.12. The second kappa shape index (κ2) is 12.7. The van der Waals surface area contributed by atoms with Crippen molar-refractivity contribution in [1.82, 2.24) is 0 Å². The van der Waals surface area contributed by atoms with Crippen molar-refractivity contribution in [1.29, 1.82) is 0 Å². The number of aryl methyl sites for hydroxylation is 2. The van der Waals surface area contributed by atoms with Crippen molar-refractivity contribution < 1.29 is 39.5 Å². The molecular weight excluding hydrogens is 701 g/mol. The van der Waals surface area contributed by atoms with Crippen LogP contribution >= 0.6 is 0 Å². The lowest BCUT2D eigenvalue weighted by atomic mass is 9.43. The highest BCUT2D eigenvalue weighted by Gasteiger charge is 2.74. The number of ether oxygens (including phenoxy) is 2. The first-order valence-corrected chi connectivity index (χ1v) is 22.2. The number of fused-ring (bicyclic) bond motifs is 7. The Labute approximate surface area is 309 Å². The summed E-state index contributed by atoms with van der Waals surface area (Å²) >= 11 is 0. The summed E-state index contributed by atoms with van der Waals surface area (Å²) in [4.78, 5) is 15.6. The lowest BCUT2D eigenvalue weighted by molar-refractivity contribution is -0.273. The second-order valence-electron chi connectivity index (χ2n) is 17.8. The van der Waals surface area contributed by atoms with E-state index in [1.54, 1.807) is 48.5 Å². The minimum Gasteiger partial charge on any atom is -0.349 e. The molecule has 9 nitrogen and oxygen atoms in total. The average molecular weight is 755 g/mol. The molecule has 52 heavy (non-hydrogen) atoms. The van der Waals surface area contributed by atoms with Gasteiger partial charge in [0.25, 0.3) is 20.2 Å². The SMILES string of the molecule is Cc1ccc(S(=O)(=O)OC2CCC3(C)C(CCC4C3C(=O)C(OS(=O)(=O)c3ccc(C)cc3)C3(C)C4CC4OC5(CCC(C)CO5)C(C)C43)C2)cc1. The molecule has 2 aromatic carbocycles. The third kappa shape index (κ3) is 5.69. The van der Waals surface area contributed by atoms with Crippen LogP contribution in [-0.2, 0) is 42.9 Å². The monoisotopic (exact) mass is 754 g/mol. The Morgan fingerprint density at radius 2 is 1.38 bits per heavy atom. The van der Waals surface area contributed by atoms with E-state index in [-0.39, 0.29) is 51.3 Å². The number of hydrogen-bond acceptors (Lipinski definition) is 9. The van der Waals surface area contributed by atoms with Gasteiger partial charge >= 0.3 is 0 Å². The molecule has 2 saturated heterocycles. The van der Waals surface area contributed by atoms with E-state index in [0.29, 0.717) is 31.8 Å². The van der Waals surface area contributed by atoms with Crippen molar-refractivity contribution in [2.75, 3.05) is 6.61 Å². The molecule has 2 aromatic rings. The van der Waals surface area contributed by atoms with Gasteiger partial charge in [0.2, 0.25) is 0 Å². The van der Waals surface area contributed by atoms with Gasteiger partial charge in [0, 0.05) is 29.6 Å². The van der Waals surface area contributed by atoms with Crippen LogP contribution in [0.2, 0.25) is 0 Å². The lowest BCUT2D eigenvalue weighted by Crippen LogP contribution is -2.65. The fraction of sp³-hybridized carbons (Fsp3) is 0.683. The molecule has 4 aliphatic carbocycles. The molecule has 8 rings (SSSR count). The molecular formula is C41H54O9S2. The minimum atomic E-state index is -4.30. The zero-order valence-electron chi connectivity index (χ0n) is 31.2. The predicted molar refractivity (Wildman–Crippen MR) is 194 cm³/mol. The quantitative estimate of drug-likeness (QED) is 0.278. The standard InChI is InChI=1S/C41H54O9S2/c1-24-7-12-30(13-8-24)51(43,44)49-29-18-19-39(5)28(21-29)11-16-32-33-22-34-35(27(4)41(48-34)20-17-26(3)23-47-41)40(33,6)38(37(42)36(32)39)50-52(45,46)31-14-9-25(2)10-15-31/h7-10,12-15,26-29,32-36,38H,11,16-23H2,1-6H3. The third-order valence-corrected chi connectivity index (χ3v) is 17.5. The van der Waals surface area contributed by atoms with E-state index in [1.165, 1.54) is 0 Å². The largest absolute Gasteiger partial charge is 0.349 e. The minimum absolute atomic E-state index is 0.0133. The Hall–Kier alpha value is -2.15. The first kappa shape index (κ1) is 36.8. The van der Waals surface area contributed by atoms with Crippen molar-refractivity contribution in [3.05, 3.63) is 59.7 Å². The number of benzene rings is 2. The van der Waals surface area contributed by atoms with Crippen LogP contribution in [-0.4, -0.2) is 53.3 Å². The van der Waals surface area contributed by atoms with Crippen LogP contribution in [0, 0.1) is 66.1 Å². The normalized spacial score (nSPS) is 43.1. The van der Waals surface area contributed by atoms with E-state index in [0.717, 1.165) is 43.2 Å². The molecule has 284 valence electrons. The first-order chi connectivity index (χ1) is 24.5. The van der Waals surface area contributed by atoms with E-state index in [1.807, 2.05) is 13.8 Å². The van der Waals surface area contributed by atoms with Crippen molar-refractivity contribution >= 4 is 26.0 Å². The molecule has 2 aliphatic heterocycles. The van der Waals surface area contributed by atoms with Crippen molar-refractivity contribution in [2.45, 2.75) is 127 Å². The van der Waals surface area contributed by atoms with Gasteiger partial charge in [-0.1, -0.05) is 63.1 Å². The highest BCUT2D eigenvalue weighted by atomic mass is 32.2. The van der Waals surface area contributed by atoms with Crippen LogP contribution in [0.4, 0.5) is 0 Å². The van der Waals surface area contributed by atoms with Crippen LogP contribution in [0.25, 0.3) is 0 Å². The number of carbonyl (C=O) groups is 1. The van der Waals surface area contributed by atoms with Crippen LogP contribution in [0.15, 0.2) is 58.3 Å². The summed E-state index contributed by atoms with van der Waals surface area (Å²) in [6.07, 6.45) is 3.93. The van der Waals surface area contributed by atoms with E-state index in [9.17, 15) is 16.8 Å². The maximum Gasteiger partial charge on any atom is 0.297 e. The van der Waals surface area contributed by atoms with Crippen LogP contribution in [0.1, 0.15) is 90.2 Å². The van der Waals surface area contributed by atoms with Gasteiger partial charge in [-0.25, -0.2) is 0 Å². The summed E-state index contributed by atoms with van der Waals surface area (Å²) in [7, 11) is -8.25. The van der Waals surface area contributed by atoms with E-state index in [2.05, 4.69) is 27.7 Å². The van der Waals surface area contributed by atoms with Crippen molar-refractivity contribution in [3.63, 3.8) is 0 Å². The van der Waals surface area contributed by atoms with Gasteiger partial charge in [-0.3, -0.25) is 13.2 Å². The molecule has 0 aromatic heterocycles. The highest BCUT2D eigenvalue weighted by Crippen LogP contribution is 2.71. The van der Waals surface area contributed by atoms with E-state index < -0.39 is 55.0 Å². The molecule has 0 N–H and O–H groups in total. The fourth-order valence-corrected chi connectivity index (χ4v) is 14.3. The summed E-state index contributed by atoms with van der Waals surface area (Å²) < 4.78 is 80.5. The molecule has 0 bridgehead atoms. The molecule has 11 heteroatoms. The summed E-state index contributed by atoms with van der Waals surface area (Å²) in [5, 5.41) is 0. The molecule has 6 aliphatic rings. The molecule has 13 atom stereocenters. The summed E-state index contributed by atoms with van der Waals surface area (Å²) in [6, 6.07) is 13.3. The van der Waals surface area contributed by atoms with Crippen LogP contribution < -0.4 is 0 Å². The smallest absolute Gasteiger partial charge is 0.297 e. The van der Waals surface area contributed by atoms with Crippen molar-refractivity contribution in [3.8, 4) is 0 Å². The summed E-state index contributed by atoms with van der Waals surface area (Å²) in [6.45, 7) is 13.1. The highest BCUT2D eigenvalue weighted by molar-refractivity contribution is 7.87. The molecule has 4 saturated carbocycles. The fourth-order valence-electron chi connectivity index (χ4n) is 12.1. The number of ketones is 1. The first-order valence-electron chi connectivity index (χ1n) is 19.3. The van der Waals surface area contributed by atoms with Gasteiger partial charge in [-0.2, -0.15) is 16.8 Å².